The van der Waals surface area contributed by atoms with E-state index >= 15 is 0 Å². The molecule has 24 heavy (non-hydrogen) atoms. The molecule has 0 fully saturated rings. The normalized spacial score (nSPS) is 12.8. The number of nitrogens with zero attached hydrogens (tertiary/aromatic N) is 5. The maximum atomic E-state index is 13.0. The molecule has 0 aliphatic heterocycles. The minimum absolute atomic E-state index is 0.0755. The van der Waals surface area contributed by atoms with Crippen molar-refractivity contribution in [3.05, 3.63) is 58.2 Å². The highest BCUT2D eigenvalue weighted by molar-refractivity contribution is 7.91. The summed E-state index contributed by atoms with van der Waals surface area (Å²) in [5.74, 6) is 0. The number of azide groups is 1. The monoisotopic (exact) mass is 342 g/mol. The number of sulfone groups is 1. The molecular formula is C15H14N6O2S. The molecule has 0 spiro atoms. The van der Waals surface area contributed by atoms with E-state index in [-0.39, 0.29) is 9.92 Å². The van der Waals surface area contributed by atoms with Gasteiger partial charge in [-0.2, -0.15) is 0 Å². The van der Waals surface area contributed by atoms with Gasteiger partial charge in [0.25, 0.3) is 0 Å². The van der Waals surface area contributed by atoms with Gasteiger partial charge >= 0.3 is 0 Å². The summed E-state index contributed by atoms with van der Waals surface area (Å²) >= 11 is 0. The van der Waals surface area contributed by atoms with Gasteiger partial charge in [-0.3, -0.25) is 0 Å². The number of aromatic nitrogens is 3. The van der Waals surface area contributed by atoms with Gasteiger partial charge in [0.15, 0.2) is 10.7 Å². The van der Waals surface area contributed by atoms with E-state index in [0.717, 1.165) is 5.56 Å². The number of H-pyrrole nitrogens is 1. The summed E-state index contributed by atoms with van der Waals surface area (Å²) in [4.78, 5) is 14.0. The number of benzene rings is 1. The predicted octanol–water partition coefficient (Wildman–Crippen LogP) is 3.47. The molecule has 3 aromatic rings. The van der Waals surface area contributed by atoms with Gasteiger partial charge in [-0.1, -0.05) is 24.2 Å². The molecule has 1 atom stereocenters. The van der Waals surface area contributed by atoms with Crippen LogP contribution in [0.3, 0.4) is 0 Å². The van der Waals surface area contributed by atoms with Gasteiger partial charge in [0.1, 0.15) is 5.52 Å². The summed E-state index contributed by atoms with van der Waals surface area (Å²) in [7, 11) is -3.90. The maximum absolute atomic E-state index is 13.0. The highest BCUT2D eigenvalue weighted by Crippen LogP contribution is 2.30. The summed E-state index contributed by atoms with van der Waals surface area (Å²) < 4.78 is 26.1. The third-order valence-corrected chi connectivity index (χ3v) is 5.33. The first-order valence-electron chi connectivity index (χ1n) is 7.13. The third-order valence-electron chi connectivity index (χ3n) is 3.65. The lowest BCUT2D eigenvalue weighted by atomic mass is 10.1. The minimum atomic E-state index is -3.90. The van der Waals surface area contributed by atoms with Crippen molar-refractivity contribution in [1.82, 2.24) is 15.0 Å². The predicted molar refractivity (Wildman–Crippen MR) is 88.1 cm³/mol. The zero-order chi connectivity index (χ0) is 17.3. The number of rotatable bonds is 4. The molecule has 0 aliphatic rings. The van der Waals surface area contributed by atoms with E-state index in [1.807, 2.05) is 0 Å². The van der Waals surface area contributed by atoms with Gasteiger partial charge in [0.05, 0.1) is 17.1 Å². The Balaban J connectivity index is 2.22. The van der Waals surface area contributed by atoms with Gasteiger partial charge in [0.2, 0.25) is 9.84 Å². The van der Waals surface area contributed by atoms with Crippen molar-refractivity contribution in [2.75, 3.05) is 0 Å². The van der Waals surface area contributed by atoms with Crippen LogP contribution in [0.5, 0.6) is 0 Å². The Morgan fingerprint density at radius 3 is 2.88 bits per heavy atom. The second-order valence-corrected chi connectivity index (χ2v) is 7.21. The Kier molecular flexibility index (Phi) is 3.96. The molecule has 3 rings (SSSR count). The first kappa shape index (κ1) is 16.0. The van der Waals surface area contributed by atoms with Gasteiger partial charge in [-0.15, -0.1) is 0 Å². The van der Waals surface area contributed by atoms with Crippen molar-refractivity contribution in [2.24, 2.45) is 5.11 Å². The van der Waals surface area contributed by atoms with Crippen molar-refractivity contribution in [3.8, 4) is 0 Å². The molecule has 2 heterocycles. The summed E-state index contributed by atoms with van der Waals surface area (Å²) in [5, 5.41) is 3.47. The average molecular weight is 342 g/mol. The number of aromatic amines is 1. The van der Waals surface area contributed by atoms with Crippen LogP contribution in [-0.2, 0) is 9.84 Å². The van der Waals surface area contributed by atoms with Crippen LogP contribution < -0.4 is 0 Å². The molecule has 1 aromatic carbocycles. The van der Waals surface area contributed by atoms with E-state index in [0.29, 0.717) is 16.7 Å². The highest BCUT2D eigenvalue weighted by atomic mass is 32.2. The Morgan fingerprint density at radius 2 is 2.12 bits per heavy atom. The fourth-order valence-corrected chi connectivity index (χ4v) is 3.94. The van der Waals surface area contributed by atoms with E-state index in [2.05, 4.69) is 25.0 Å². The third kappa shape index (κ3) is 2.70. The summed E-state index contributed by atoms with van der Waals surface area (Å²) in [6.45, 7) is 3.44. The van der Waals surface area contributed by atoms with Crippen molar-refractivity contribution in [2.45, 2.75) is 29.8 Å². The fourth-order valence-electron chi connectivity index (χ4n) is 2.41. The highest BCUT2D eigenvalue weighted by Gasteiger charge is 2.25. The van der Waals surface area contributed by atoms with Crippen LogP contribution in [-0.4, -0.2) is 23.4 Å². The molecule has 0 radical (unpaired) electrons. The van der Waals surface area contributed by atoms with Crippen LogP contribution in [0.1, 0.15) is 24.1 Å². The Labute approximate surface area is 138 Å². The molecule has 9 heteroatoms. The molecule has 0 bridgehead atoms. The fraction of sp³-hybridized carbons (Fsp3) is 0.200. The summed E-state index contributed by atoms with van der Waals surface area (Å²) in [6, 6.07) is 6.02. The topological polar surface area (TPSA) is 124 Å². The van der Waals surface area contributed by atoms with E-state index in [4.69, 9.17) is 5.53 Å². The lowest BCUT2D eigenvalue weighted by Crippen LogP contribution is -2.09. The number of fused-ring (bicyclic) bond motifs is 1. The van der Waals surface area contributed by atoms with E-state index < -0.39 is 15.9 Å². The molecule has 0 saturated carbocycles. The second-order valence-electron chi connectivity index (χ2n) is 5.35. The first-order valence-corrected chi connectivity index (χ1v) is 8.62. The van der Waals surface area contributed by atoms with Crippen molar-refractivity contribution < 1.29 is 8.42 Å². The van der Waals surface area contributed by atoms with E-state index in [9.17, 15) is 8.42 Å². The number of aryl methyl sites for hydroxylation is 1. The molecule has 0 amide bonds. The molecule has 1 unspecified atom stereocenters. The lowest BCUT2D eigenvalue weighted by molar-refractivity contribution is 0.589. The van der Waals surface area contributed by atoms with E-state index in [1.54, 1.807) is 44.3 Å². The van der Waals surface area contributed by atoms with Crippen molar-refractivity contribution >= 4 is 21.0 Å². The molecule has 0 saturated heterocycles. The minimum Gasteiger partial charge on any atom is -0.345 e. The molecule has 2 aromatic heterocycles. The van der Waals surface area contributed by atoms with Crippen LogP contribution in [0.25, 0.3) is 21.6 Å². The maximum Gasteiger partial charge on any atom is 0.225 e. The molecular weight excluding hydrogens is 328 g/mol. The van der Waals surface area contributed by atoms with Gasteiger partial charge in [0, 0.05) is 11.1 Å². The summed E-state index contributed by atoms with van der Waals surface area (Å²) in [6.07, 6.45) is 2.86. The second kappa shape index (κ2) is 5.95. The number of nitrogens with one attached hydrogen (secondary N) is 1. The molecule has 1 N–H and O–H groups in total. The standard InChI is InChI=1S/C15H14N6O2S/c1-9-3-4-11(10(2)20-21-16)13(7-9)24(22,23)14-8-18-15-12(19-14)5-6-17-15/h3-8,10H,1-2H3,(H,17,18). The van der Waals surface area contributed by atoms with E-state index in [1.165, 1.54) is 6.20 Å². The quantitative estimate of drug-likeness (QED) is 0.442. The molecule has 0 aliphatic carbocycles. The van der Waals surface area contributed by atoms with Crippen LogP contribution in [0.15, 0.2) is 51.7 Å². The number of hydrogen-bond acceptors (Lipinski definition) is 5. The zero-order valence-electron chi connectivity index (χ0n) is 13.0. The van der Waals surface area contributed by atoms with Crippen LogP contribution in [0.4, 0.5) is 0 Å². The Hall–Kier alpha value is -2.90. The Morgan fingerprint density at radius 1 is 1.33 bits per heavy atom. The van der Waals surface area contributed by atoms with Gasteiger partial charge in [-0.05, 0) is 35.7 Å². The zero-order valence-corrected chi connectivity index (χ0v) is 13.8. The smallest absolute Gasteiger partial charge is 0.225 e. The van der Waals surface area contributed by atoms with Crippen molar-refractivity contribution in [1.29, 1.82) is 0 Å². The molecule has 8 nitrogen and oxygen atoms in total. The summed E-state index contributed by atoms with van der Waals surface area (Å²) in [5.41, 5.74) is 10.8. The van der Waals surface area contributed by atoms with Crippen LogP contribution in [0.2, 0.25) is 0 Å². The van der Waals surface area contributed by atoms with Crippen LogP contribution >= 0.6 is 0 Å². The van der Waals surface area contributed by atoms with Gasteiger partial charge < -0.3 is 4.98 Å². The molecule has 122 valence electrons. The lowest BCUT2D eigenvalue weighted by Gasteiger charge is -2.13. The average Bonchev–Trinajstić information content (AvgIpc) is 3.02. The Bertz CT molecular complexity index is 1070. The van der Waals surface area contributed by atoms with Gasteiger partial charge in [-0.25, -0.2) is 18.4 Å². The first-order chi connectivity index (χ1) is 11.4. The largest absolute Gasteiger partial charge is 0.345 e. The van der Waals surface area contributed by atoms with Crippen LogP contribution in [0, 0.1) is 6.92 Å². The number of hydrogen-bond donors (Lipinski definition) is 1. The van der Waals surface area contributed by atoms with Crippen molar-refractivity contribution in [3.63, 3.8) is 0 Å². The SMILES string of the molecule is Cc1ccc(C(C)N=[N+]=[N-])c(S(=O)(=O)c2cnc3[nH]ccc3n2)c1.